The van der Waals surface area contributed by atoms with Gasteiger partial charge in [0.15, 0.2) is 5.78 Å². The smallest absolute Gasteiger partial charge is 0.159 e. The average molecular weight is 248 g/mol. The van der Waals surface area contributed by atoms with E-state index < -0.39 is 0 Å². The van der Waals surface area contributed by atoms with Crippen molar-refractivity contribution < 1.29 is 4.79 Å². The van der Waals surface area contributed by atoms with Gasteiger partial charge in [-0.3, -0.25) is 4.79 Å². The quantitative estimate of drug-likeness (QED) is 0.690. The van der Waals surface area contributed by atoms with E-state index >= 15 is 0 Å². The highest BCUT2D eigenvalue weighted by atomic mass is 16.1. The van der Waals surface area contributed by atoms with E-state index in [1.807, 2.05) is 6.07 Å². The highest BCUT2D eigenvalue weighted by molar-refractivity contribution is 5.94. The first-order chi connectivity index (χ1) is 8.60. The van der Waals surface area contributed by atoms with Crippen LogP contribution in [0.5, 0.6) is 0 Å². The van der Waals surface area contributed by atoms with Crippen LogP contribution < -0.4 is 4.90 Å². The summed E-state index contributed by atoms with van der Waals surface area (Å²) in [6.45, 7) is 9.17. The maximum Gasteiger partial charge on any atom is 0.159 e. The van der Waals surface area contributed by atoms with Crippen molar-refractivity contribution in [3.8, 4) is 0 Å². The van der Waals surface area contributed by atoms with Gasteiger partial charge in [0, 0.05) is 24.3 Å². The lowest BCUT2D eigenvalue weighted by molar-refractivity contribution is 0.101. The number of rotatable bonds is 7. The number of hydrogen-bond acceptors (Lipinski definition) is 3. The molecular weight excluding hydrogens is 224 g/mol. The molecule has 0 aliphatic carbocycles. The second-order valence-corrected chi connectivity index (χ2v) is 4.76. The van der Waals surface area contributed by atoms with Crippen molar-refractivity contribution in [2.75, 3.05) is 11.4 Å². The summed E-state index contributed by atoms with van der Waals surface area (Å²) in [5.74, 6) is 1.02. The third-order valence-electron chi connectivity index (χ3n) is 3.32. The molecule has 0 aliphatic rings. The molecule has 18 heavy (non-hydrogen) atoms. The maximum absolute atomic E-state index is 11.4. The second kappa shape index (κ2) is 7.14. The molecule has 1 unspecified atom stereocenters. The molecule has 0 saturated heterocycles. The molecule has 0 amide bonds. The number of unbranched alkanes of at least 4 members (excludes halogenated alkanes) is 1. The highest BCUT2D eigenvalue weighted by Gasteiger charge is 2.14. The van der Waals surface area contributed by atoms with Crippen molar-refractivity contribution >= 4 is 11.6 Å². The zero-order chi connectivity index (χ0) is 13.5. The molecule has 0 aromatic carbocycles. The van der Waals surface area contributed by atoms with E-state index in [0.29, 0.717) is 6.04 Å². The summed E-state index contributed by atoms with van der Waals surface area (Å²) in [5, 5.41) is 0. The van der Waals surface area contributed by atoms with Gasteiger partial charge in [-0.1, -0.05) is 20.3 Å². The van der Waals surface area contributed by atoms with Crippen molar-refractivity contribution in [2.24, 2.45) is 0 Å². The fourth-order valence-electron chi connectivity index (χ4n) is 1.90. The summed E-state index contributed by atoms with van der Waals surface area (Å²) in [5.41, 5.74) is 0.741. The molecule has 1 aromatic heterocycles. The summed E-state index contributed by atoms with van der Waals surface area (Å²) in [7, 11) is 0. The Kier molecular flexibility index (Phi) is 5.83. The molecule has 0 bridgehead atoms. The van der Waals surface area contributed by atoms with Crippen LogP contribution in [0.25, 0.3) is 0 Å². The molecular formula is C15H24N2O. The number of carbonyl (C=O) groups is 1. The zero-order valence-corrected chi connectivity index (χ0v) is 11.9. The van der Waals surface area contributed by atoms with Crippen LogP contribution in [0.2, 0.25) is 0 Å². The van der Waals surface area contributed by atoms with Crippen molar-refractivity contribution in [2.45, 2.75) is 53.0 Å². The molecule has 0 aliphatic heterocycles. The van der Waals surface area contributed by atoms with Gasteiger partial charge in [-0.25, -0.2) is 4.98 Å². The van der Waals surface area contributed by atoms with Gasteiger partial charge in [0.05, 0.1) is 0 Å². The molecule has 1 heterocycles. The van der Waals surface area contributed by atoms with Gasteiger partial charge >= 0.3 is 0 Å². The largest absolute Gasteiger partial charge is 0.354 e. The number of nitrogens with zero attached hydrogens (tertiary/aromatic N) is 2. The topological polar surface area (TPSA) is 33.2 Å². The van der Waals surface area contributed by atoms with Gasteiger partial charge in [0.2, 0.25) is 0 Å². The number of anilines is 1. The number of pyridine rings is 1. The zero-order valence-electron chi connectivity index (χ0n) is 11.9. The first kappa shape index (κ1) is 14.7. The minimum atomic E-state index is 0.0956. The van der Waals surface area contributed by atoms with Crippen LogP contribution in [-0.4, -0.2) is 23.4 Å². The van der Waals surface area contributed by atoms with Crippen LogP contribution in [0.15, 0.2) is 18.3 Å². The van der Waals surface area contributed by atoms with E-state index in [2.05, 4.69) is 30.7 Å². The van der Waals surface area contributed by atoms with E-state index in [-0.39, 0.29) is 5.78 Å². The summed E-state index contributed by atoms with van der Waals surface area (Å²) < 4.78 is 0. The van der Waals surface area contributed by atoms with Crippen LogP contribution in [0.4, 0.5) is 5.82 Å². The Labute approximate surface area is 110 Å². The molecule has 0 N–H and O–H groups in total. The summed E-state index contributed by atoms with van der Waals surface area (Å²) >= 11 is 0. The SMILES string of the molecule is CCCCN(c1cc(C(C)=O)ccn1)C(C)CC. The summed E-state index contributed by atoms with van der Waals surface area (Å²) in [4.78, 5) is 18.1. The molecule has 0 radical (unpaired) electrons. The molecule has 3 heteroatoms. The van der Waals surface area contributed by atoms with Gasteiger partial charge in [0.25, 0.3) is 0 Å². The molecule has 3 nitrogen and oxygen atoms in total. The number of hydrogen-bond donors (Lipinski definition) is 0. The predicted molar refractivity (Wildman–Crippen MR) is 76.2 cm³/mol. The summed E-state index contributed by atoms with van der Waals surface area (Å²) in [6, 6.07) is 4.14. The van der Waals surface area contributed by atoms with Crippen LogP contribution in [0.3, 0.4) is 0 Å². The Morgan fingerprint density at radius 2 is 2.17 bits per heavy atom. The Hall–Kier alpha value is -1.38. The van der Waals surface area contributed by atoms with Crippen LogP contribution >= 0.6 is 0 Å². The van der Waals surface area contributed by atoms with Crippen LogP contribution in [0, 0.1) is 0 Å². The van der Waals surface area contributed by atoms with Gasteiger partial charge < -0.3 is 4.90 Å². The first-order valence-corrected chi connectivity index (χ1v) is 6.83. The minimum Gasteiger partial charge on any atom is -0.354 e. The van der Waals surface area contributed by atoms with Crippen LogP contribution in [0.1, 0.15) is 57.3 Å². The number of carbonyl (C=O) groups excluding carboxylic acids is 1. The van der Waals surface area contributed by atoms with E-state index in [1.165, 1.54) is 6.42 Å². The van der Waals surface area contributed by atoms with E-state index in [4.69, 9.17) is 0 Å². The summed E-state index contributed by atoms with van der Waals surface area (Å²) in [6.07, 6.45) is 5.12. The normalized spacial score (nSPS) is 12.2. The molecule has 1 atom stereocenters. The van der Waals surface area contributed by atoms with Gasteiger partial charge in [-0.15, -0.1) is 0 Å². The molecule has 0 saturated carbocycles. The Bertz CT molecular complexity index is 390. The fourth-order valence-corrected chi connectivity index (χ4v) is 1.90. The van der Waals surface area contributed by atoms with E-state index in [1.54, 1.807) is 19.2 Å². The highest BCUT2D eigenvalue weighted by Crippen LogP contribution is 2.18. The van der Waals surface area contributed by atoms with E-state index in [9.17, 15) is 4.79 Å². The molecule has 0 fully saturated rings. The Balaban J connectivity index is 2.96. The van der Waals surface area contributed by atoms with Crippen molar-refractivity contribution in [1.29, 1.82) is 0 Å². The van der Waals surface area contributed by atoms with Gasteiger partial charge in [-0.2, -0.15) is 0 Å². The molecule has 1 rings (SSSR count). The van der Waals surface area contributed by atoms with Gasteiger partial charge in [-0.05, 0) is 38.8 Å². The van der Waals surface area contributed by atoms with Crippen LogP contribution in [-0.2, 0) is 0 Å². The maximum atomic E-state index is 11.4. The number of ketones is 1. The van der Waals surface area contributed by atoms with Crippen molar-refractivity contribution in [3.05, 3.63) is 23.9 Å². The lowest BCUT2D eigenvalue weighted by Gasteiger charge is -2.29. The van der Waals surface area contributed by atoms with Gasteiger partial charge in [0.1, 0.15) is 5.82 Å². The number of Topliss-reactive ketones (excluding diaryl/α,β-unsaturated/α-hetero) is 1. The standard InChI is InChI=1S/C15H24N2O/c1-5-7-10-17(12(3)6-2)15-11-14(13(4)18)8-9-16-15/h8-9,11-12H,5-7,10H2,1-4H3. The molecule has 0 spiro atoms. The second-order valence-electron chi connectivity index (χ2n) is 4.76. The third kappa shape index (κ3) is 3.83. The van der Waals surface area contributed by atoms with E-state index in [0.717, 1.165) is 30.8 Å². The fraction of sp³-hybridized carbons (Fsp3) is 0.600. The molecule has 100 valence electrons. The molecule has 1 aromatic rings. The Morgan fingerprint density at radius 1 is 1.44 bits per heavy atom. The first-order valence-electron chi connectivity index (χ1n) is 6.83. The minimum absolute atomic E-state index is 0.0956. The lowest BCUT2D eigenvalue weighted by Crippen LogP contribution is -2.34. The predicted octanol–water partition coefficient (Wildman–Crippen LogP) is 3.69. The third-order valence-corrected chi connectivity index (χ3v) is 3.32. The average Bonchev–Trinajstić information content (AvgIpc) is 2.39. The van der Waals surface area contributed by atoms with Crippen molar-refractivity contribution in [3.63, 3.8) is 0 Å². The number of aromatic nitrogens is 1. The monoisotopic (exact) mass is 248 g/mol. The lowest BCUT2D eigenvalue weighted by atomic mass is 10.1. The Morgan fingerprint density at radius 3 is 2.72 bits per heavy atom. The van der Waals surface area contributed by atoms with Crippen molar-refractivity contribution in [1.82, 2.24) is 4.98 Å².